The molecule has 0 saturated carbocycles. The lowest BCUT2D eigenvalue weighted by Crippen LogP contribution is -2.40. The van der Waals surface area contributed by atoms with Crippen LogP contribution in [-0.4, -0.2) is 54.9 Å². The summed E-state index contributed by atoms with van der Waals surface area (Å²) >= 11 is 0. The topological polar surface area (TPSA) is 108 Å². The first-order valence-corrected chi connectivity index (χ1v) is 8.52. The van der Waals surface area contributed by atoms with Gasteiger partial charge in [0.15, 0.2) is 5.69 Å². The molecule has 21 heavy (non-hydrogen) atoms. The number of carbonyl (C=O) groups excluding carboxylic acids is 1. The number of nitrogens with two attached hydrogens (primary N) is 1. The minimum absolute atomic E-state index is 0.0910. The number of nitrogen functional groups attached to an aromatic ring is 1. The van der Waals surface area contributed by atoms with Crippen LogP contribution in [0.3, 0.4) is 0 Å². The zero-order chi connectivity index (χ0) is 15.6. The van der Waals surface area contributed by atoms with Crippen LogP contribution in [-0.2, 0) is 21.3 Å². The maximum absolute atomic E-state index is 11.6. The first-order valence-electron chi connectivity index (χ1n) is 6.67. The quantitative estimate of drug-likeness (QED) is 0.779. The number of sulfonamides is 1. The average molecular weight is 316 g/mol. The van der Waals surface area contributed by atoms with Crippen LogP contribution in [0.4, 0.5) is 5.69 Å². The molecule has 0 radical (unpaired) electrons. The van der Waals surface area contributed by atoms with E-state index in [0.717, 1.165) is 12.8 Å². The van der Waals surface area contributed by atoms with E-state index in [-0.39, 0.29) is 17.3 Å². The molecule has 8 nitrogen and oxygen atoms in total. The van der Waals surface area contributed by atoms with E-state index in [1.165, 1.54) is 17.7 Å². The molecule has 0 bridgehead atoms. The molecule has 2 heterocycles. The number of carbonyl (C=O) groups is 1. The second-order valence-corrected chi connectivity index (χ2v) is 7.26. The van der Waals surface area contributed by atoms with Crippen molar-refractivity contribution in [3.63, 3.8) is 0 Å². The molecule has 1 aromatic rings. The number of anilines is 1. The summed E-state index contributed by atoms with van der Waals surface area (Å²) in [5.74, 6) is -0.425. The van der Waals surface area contributed by atoms with Crippen LogP contribution in [0.5, 0.6) is 0 Å². The van der Waals surface area contributed by atoms with Crippen LogP contribution in [0.1, 0.15) is 23.3 Å². The summed E-state index contributed by atoms with van der Waals surface area (Å²) in [6, 6.07) is 0. The van der Waals surface area contributed by atoms with E-state index in [1.54, 1.807) is 10.9 Å². The molecule has 1 atom stereocenters. The number of esters is 1. The Hall–Kier alpha value is -1.61. The highest BCUT2D eigenvalue weighted by Crippen LogP contribution is 2.21. The van der Waals surface area contributed by atoms with E-state index >= 15 is 0 Å². The van der Waals surface area contributed by atoms with Crippen molar-refractivity contribution < 1.29 is 17.9 Å². The second-order valence-electron chi connectivity index (χ2n) is 5.28. The lowest BCUT2D eigenvalue weighted by Gasteiger charge is -2.30. The summed E-state index contributed by atoms with van der Waals surface area (Å²) in [4.78, 5) is 11.5. The molecule has 1 aliphatic heterocycles. The third-order valence-electron chi connectivity index (χ3n) is 3.56. The van der Waals surface area contributed by atoms with Gasteiger partial charge in [0.25, 0.3) is 0 Å². The monoisotopic (exact) mass is 316 g/mol. The van der Waals surface area contributed by atoms with Gasteiger partial charge in [-0.3, -0.25) is 4.68 Å². The number of rotatable bonds is 4. The van der Waals surface area contributed by atoms with Gasteiger partial charge in [0, 0.05) is 25.8 Å². The van der Waals surface area contributed by atoms with Crippen molar-refractivity contribution in [1.29, 1.82) is 0 Å². The Morgan fingerprint density at radius 1 is 1.57 bits per heavy atom. The molecule has 1 aliphatic rings. The van der Waals surface area contributed by atoms with Gasteiger partial charge in [-0.2, -0.15) is 5.10 Å². The number of methoxy groups -OCH3 is 1. The molecule has 0 aliphatic carbocycles. The summed E-state index contributed by atoms with van der Waals surface area (Å²) in [6.07, 6.45) is 4.53. The smallest absolute Gasteiger partial charge is 0.360 e. The maximum atomic E-state index is 11.6. The Morgan fingerprint density at radius 2 is 2.29 bits per heavy atom. The van der Waals surface area contributed by atoms with Crippen LogP contribution < -0.4 is 5.73 Å². The summed E-state index contributed by atoms with van der Waals surface area (Å²) in [6.45, 7) is 1.54. The number of piperidine rings is 1. The molecule has 0 aromatic carbocycles. The summed E-state index contributed by atoms with van der Waals surface area (Å²) in [5.41, 5.74) is 6.08. The number of ether oxygens (including phenoxy) is 1. The average Bonchev–Trinajstić information content (AvgIpc) is 2.78. The van der Waals surface area contributed by atoms with Gasteiger partial charge in [0.2, 0.25) is 10.0 Å². The van der Waals surface area contributed by atoms with E-state index in [0.29, 0.717) is 19.6 Å². The second kappa shape index (κ2) is 6.02. The van der Waals surface area contributed by atoms with Gasteiger partial charge < -0.3 is 10.5 Å². The van der Waals surface area contributed by atoms with Crippen LogP contribution in [0, 0.1) is 5.92 Å². The molecule has 1 saturated heterocycles. The Kier molecular flexibility index (Phi) is 4.52. The Labute approximate surface area is 123 Å². The van der Waals surface area contributed by atoms with Gasteiger partial charge >= 0.3 is 5.97 Å². The van der Waals surface area contributed by atoms with E-state index in [9.17, 15) is 13.2 Å². The van der Waals surface area contributed by atoms with Gasteiger partial charge in [-0.1, -0.05) is 0 Å². The number of aromatic nitrogens is 2. The van der Waals surface area contributed by atoms with E-state index in [2.05, 4.69) is 9.84 Å². The van der Waals surface area contributed by atoms with Crippen molar-refractivity contribution in [3.05, 3.63) is 11.9 Å². The minimum atomic E-state index is -3.17. The highest BCUT2D eigenvalue weighted by molar-refractivity contribution is 7.88. The molecule has 1 aromatic heterocycles. The predicted octanol–water partition coefficient (Wildman–Crippen LogP) is -0.0765. The third-order valence-corrected chi connectivity index (χ3v) is 4.83. The first-order chi connectivity index (χ1) is 9.81. The lowest BCUT2D eigenvalue weighted by molar-refractivity contribution is 0.0593. The molecule has 0 spiro atoms. The molecule has 2 rings (SSSR count). The summed E-state index contributed by atoms with van der Waals surface area (Å²) in [5, 5.41) is 4.11. The standard InChI is InChI=1S/C12H20N4O4S/c1-20-12(17)11-10(13)8-15(14-11)6-9-4-3-5-16(7-9)21(2,18)19/h8-9H,3-7,13H2,1-2H3. The highest BCUT2D eigenvalue weighted by Gasteiger charge is 2.26. The van der Waals surface area contributed by atoms with Crippen LogP contribution >= 0.6 is 0 Å². The molecular formula is C12H20N4O4S. The van der Waals surface area contributed by atoms with Crippen LogP contribution in [0.25, 0.3) is 0 Å². The van der Waals surface area contributed by atoms with Gasteiger partial charge in [-0.15, -0.1) is 0 Å². The number of nitrogens with zero attached hydrogens (tertiary/aromatic N) is 3. The Morgan fingerprint density at radius 3 is 2.90 bits per heavy atom. The Bertz CT molecular complexity index is 625. The lowest BCUT2D eigenvalue weighted by atomic mass is 10.00. The molecule has 2 N–H and O–H groups in total. The van der Waals surface area contributed by atoms with E-state index < -0.39 is 16.0 Å². The molecule has 9 heteroatoms. The normalized spacial score (nSPS) is 20.4. The predicted molar refractivity (Wildman–Crippen MR) is 77.1 cm³/mol. The van der Waals surface area contributed by atoms with Crippen molar-refractivity contribution in [3.8, 4) is 0 Å². The van der Waals surface area contributed by atoms with E-state index in [1.807, 2.05) is 0 Å². The van der Waals surface area contributed by atoms with Gasteiger partial charge in [0.05, 0.1) is 19.1 Å². The molecular weight excluding hydrogens is 296 g/mol. The Balaban J connectivity index is 2.06. The zero-order valence-corrected chi connectivity index (χ0v) is 13.0. The van der Waals surface area contributed by atoms with Crippen molar-refractivity contribution >= 4 is 21.7 Å². The fourth-order valence-corrected chi connectivity index (χ4v) is 3.47. The van der Waals surface area contributed by atoms with Crippen molar-refractivity contribution in [1.82, 2.24) is 14.1 Å². The SMILES string of the molecule is COC(=O)c1nn(CC2CCCN(S(C)(=O)=O)C2)cc1N. The number of hydrogen-bond acceptors (Lipinski definition) is 6. The zero-order valence-electron chi connectivity index (χ0n) is 12.2. The third kappa shape index (κ3) is 3.73. The van der Waals surface area contributed by atoms with Crippen molar-refractivity contribution in [2.24, 2.45) is 5.92 Å². The van der Waals surface area contributed by atoms with Gasteiger partial charge in [-0.05, 0) is 18.8 Å². The van der Waals surface area contributed by atoms with Crippen molar-refractivity contribution in [2.45, 2.75) is 19.4 Å². The van der Waals surface area contributed by atoms with Gasteiger partial charge in [-0.25, -0.2) is 17.5 Å². The molecule has 1 unspecified atom stereocenters. The van der Waals surface area contributed by atoms with Gasteiger partial charge in [0.1, 0.15) is 0 Å². The first kappa shape index (κ1) is 15.8. The van der Waals surface area contributed by atoms with Crippen LogP contribution in [0.2, 0.25) is 0 Å². The maximum Gasteiger partial charge on any atom is 0.360 e. The molecule has 0 amide bonds. The molecule has 118 valence electrons. The minimum Gasteiger partial charge on any atom is -0.464 e. The highest BCUT2D eigenvalue weighted by atomic mass is 32.2. The number of hydrogen-bond donors (Lipinski definition) is 1. The van der Waals surface area contributed by atoms with E-state index in [4.69, 9.17) is 5.73 Å². The van der Waals surface area contributed by atoms with Crippen LogP contribution in [0.15, 0.2) is 6.20 Å². The van der Waals surface area contributed by atoms with Crippen molar-refractivity contribution in [2.75, 3.05) is 32.2 Å². The fourth-order valence-electron chi connectivity index (χ4n) is 2.53. The fraction of sp³-hybridized carbons (Fsp3) is 0.667. The summed E-state index contributed by atoms with van der Waals surface area (Å²) in [7, 11) is -1.90. The summed E-state index contributed by atoms with van der Waals surface area (Å²) < 4.78 is 30.8. The molecule has 1 fully saturated rings. The largest absolute Gasteiger partial charge is 0.464 e.